The first-order valence-corrected chi connectivity index (χ1v) is 3.57. The van der Waals surface area contributed by atoms with Crippen molar-refractivity contribution in [2.45, 2.75) is 6.40 Å². The van der Waals surface area contributed by atoms with Crippen molar-refractivity contribution in [2.24, 2.45) is 0 Å². The van der Waals surface area contributed by atoms with Crippen LogP contribution in [-0.4, -0.2) is 22.4 Å². The third-order valence-corrected chi connectivity index (χ3v) is 2.05. The highest BCUT2D eigenvalue weighted by Crippen LogP contribution is 2.19. The van der Waals surface area contributed by atoms with E-state index in [9.17, 15) is 0 Å². The predicted molar refractivity (Wildman–Crippen MR) is 36.7 cm³/mol. The van der Waals surface area contributed by atoms with Crippen LogP contribution < -0.4 is 4.90 Å². The average Bonchev–Trinajstić information content (AvgIpc) is 2.31. The normalized spacial score (nSPS) is 21.3. The number of rotatable bonds is 1. The maximum Gasteiger partial charge on any atom is 0.204 e. The van der Waals surface area contributed by atoms with Gasteiger partial charge in [0.15, 0.2) is 0 Å². The maximum atomic E-state index is 7.26. The summed E-state index contributed by atoms with van der Waals surface area (Å²) in [6.07, 6.45) is 1.64. The first-order chi connectivity index (χ1) is 4.86. The molecule has 0 aromatic carbocycles. The van der Waals surface area contributed by atoms with Crippen molar-refractivity contribution < 1.29 is 1.37 Å². The Labute approximate surface area is 58.9 Å². The molecule has 0 aliphatic carbocycles. The van der Waals surface area contributed by atoms with Gasteiger partial charge in [0, 0.05) is 26.0 Å². The van der Waals surface area contributed by atoms with Gasteiger partial charge >= 0.3 is 0 Å². The van der Waals surface area contributed by atoms with Crippen LogP contribution in [-0.2, 0) is 0 Å². The van der Waals surface area contributed by atoms with Crippen LogP contribution in [0.2, 0.25) is 0 Å². The molecule has 0 atom stereocenters. The zero-order valence-corrected chi connectivity index (χ0v) is 5.64. The molecule has 3 nitrogen and oxygen atoms in total. The first-order valence-electron chi connectivity index (χ1n) is 3.38. The molecule has 0 N–H and O–H groups in total. The Bertz CT molecular complexity index is 207. The summed E-state index contributed by atoms with van der Waals surface area (Å²) >= 11 is 1.39. The van der Waals surface area contributed by atoms with E-state index in [1.54, 1.807) is 6.33 Å². The summed E-state index contributed by atoms with van der Waals surface area (Å²) in [6.45, 7) is 1.63. The molecule has 4 heteroatoms. The van der Waals surface area contributed by atoms with E-state index in [-0.39, 0.29) is 6.40 Å². The largest absolute Gasteiger partial charge is 0.347 e. The van der Waals surface area contributed by atoms with E-state index in [0.29, 0.717) is 0 Å². The number of aromatic nitrogens is 2. The number of anilines is 1. The Hall–Kier alpha value is -0.640. The van der Waals surface area contributed by atoms with Crippen LogP contribution in [0, 0.1) is 0 Å². The Kier molecular flexibility index (Phi) is 0.914. The molecular weight excluding hydrogens is 134 g/mol. The number of hydrogen-bond acceptors (Lipinski definition) is 4. The molecule has 1 aliphatic rings. The third kappa shape index (κ3) is 0.790. The molecule has 1 fully saturated rings. The van der Waals surface area contributed by atoms with Gasteiger partial charge in [-0.25, -0.2) is 4.98 Å². The van der Waals surface area contributed by atoms with Crippen LogP contribution in [0.25, 0.3) is 0 Å². The third-order valence-electron chi connectivity index (χ3n) is 1.32. The van der Waals surface area contributed by atoms with E-state index in [0.717, 1.165) is 18.2 Å². The minimum absolute atomic E-state index is 0.0869. The molecule has 2 rings (SSSR count). The van der Waals surface area contributed by atoms with Gasteiger partial charge in [0.2, 0.25) is 5.13 Å². The zero-order valence-electron chi connectivity index (χ0n) is 5.82. The second-order valence-corrected chi connectivity index (χ2v) is 2.68. The molecule has 2 heterocycles. The van der Waals surface area contributed by atoms with Crippen LogP contribution in [0.1, 0.15) is 7.77 Å². The molecule has 1 saturated heterocycles. The SMILES string of the molecule is [2H]C1CN(c2ncns2)C1. The van der Waals surface area contributed by atoms with E-state index < -0.39 is 0 Å². The van der Waals surface area contributed by atoms with Crippen LogP contribution >= 0.6 is 11.5 Å². The van der Waals surface area contributed by atoms with Crippen molar-refractivity contribution in [2.75, 3.05) is 18.0 Å². The quantitative estimate of drug-likeness (QED) is 0.579. The summed E-state index contributed by atoms with van der Waals surface area (Å²) in [5.41, 5.74) is 0. The molecular formula is C5H7N3S. The fraction of sp³-hybridized carbons (Fsp3) is 0.600. The van der Waals surface area contributed by atoms with Crippen molar-refractivity contribution in [1.82, 2.24) is 9.36 Å². The molecule has 0 amide bonds. The van der Waals surface area contributed by atoms with Gasteiger partial charge in [-0.3, -0.25) is 0 Å². The fourth-order valence-corrected chi connectivity index (χ4v) is 1.27. The molecule has 9 heavy (non-hydrogen) atoms. The Balaban J connectivity index is 2.04. The number of hydrogen-bond donors (Lipinski definition) is 0. The fourth-order valence-electron chi connectivity index (χ4n) is 0.721. The summed E-state index contributed by atoms with van der Waals surface area (Å²) < 4.78 is 11.1. The molecule has 48 valence electrons. The minimum Gasteiger partial charge on any atom is -0.347 e. The summed E-state index contributed by atoms with van der Waals surface area (Å²) in [5, 5.41) is 0.948. The van der Waals surface area contributed by atoms with Gasteiger partial charge in [0.25, 0.3) is 0 Å². The average molecular weight is 142 g/mol. The molecule has 1 aromatic rings. The van der Waals surface area contributed by atoms with Crippen molar-refractivity contribution in [3.63, 3.8) is 0 Å². The minimum atomic E-state index is 0.0869. The summed E-state index contributed by atoms with van der Waals surface area (Å²) in [6, 6.07) is 0. The van der Waals surface area contributed by atoms with Crippen LogP contribution in [0.5, 0.6) is 0 Å². The van der Waals surface area contributed by atoms with Crippen molar-refractivity contribution in [3.8, 4) is 0 Å². The van der Waals surface area contributed by atoms with Crippen LogP contribution in [0.15, 0.2) is 6.33 Å². The first kappa shape index (κ1) is 4.22. The van der Waals surface area contributed by atoms with Crippen molar-refractivity contribution >= 4 is 16.7 Å². The Morgan fingerprint density at radius 3 is 3.22 bits per heavy atom. The highest BCUT2D eigenvalue weighted by molar-refractivity contribution is 7.09. The van der Waals surface area contributed by atoms with Gasteiger partial charge in [0.05, 0.1) is 0 Å². The smallest absolute Gasteiger partial charge is 0.204 e. The molecule has 0 spiro atoms. The number of nitrogens with zero attached hydrogens (tertiary/aromatic N) is 3. The maximum absolute atomic E-state index is 7.26. The van der Waals surface area contributed by atoms with E-state index in [1.807, 2.05) is 0 Å². The summed E-state index contributed by atoms with van der Waals surface area (Å²) in [7, 11) is 0. The van der Waals surface area contributed by atoms with Crippen molar-refractivity contribution in [1.29, 1.82) is 0 Å². The van der Waals surface area contributed by atoms with E-state index in [1.165, 1.54) is 11.5 Å². The molecule has 1 aliphatic heterocycles. The highest BCUT2D eigenvalue weighted by Gasteiger charge is 2.16. The Morgan fingerprint density at radius 1 is 1.78 bits per heavy atom. The lowest BCUT2D eigenvalue weighted by atomic mass is 10.2. The van der Waals surface area contributed by atoms with Gasteiger partial charge in [0.1, 0.15) is 6.33 Å². The topological polar surface area (TPSA) is 29.0 Å². The second-order valence-electron chi connectivity index (χ2n) is 1.92. The monoisotopic (exact) mass is 142 g/mol. The van der Waals surface area contributed by atoms with Crippen molar-refractivity contribution in [3.05, 3.63) is 6.33 Å². The highest BCUT2D eigenvalue weighted by atomic mass is 32.1. The lowest BCUT2D eigenvalue weighted by Gasteiger charge is -2.29. The van der Waals surface area contributed by atoms with Gasteiger partial charge in [-0.2, -0.15) is 4.37 Å². The lowest BCUT2D eigenvalue weighted by Crippen LogP contribution is -2.36. The lowest BCUT2D eigenvalue weighted by molar-refractivity contribution is 0.616. The predicted octanol–water partition coefficient (Wildman–Crippen LogP) is 0.748. The molecule has 0 bridgehead atoms. The van der Waals surface area contributed by atoms with Gasteiger partial charge < -0.3 is 4.90 Å². The van der Waals surface area contributed by atoms with E-state index in [2.05, 4.69) is 14.3 Å². The second kappa shape index (κ2) is 1.95. The van der Waals surface area contributed by atoms with Gasteiger partial charge in [-0.05, 0) is 6.40 Å². The van der Waals surface area contributed by atoms with Gasteiger partial charge in [-0.1, -0.05) is 0 Å². The summed E-state index contributed by atoms with van der Waals surface area (Å²) in [5.74, 6) is 0. The molecule has 0 radical (unpaired) electrons. The Morgan fingerprint density at radius 2 is 2.67 bits per heavy atom. The van der Waals surface area contributed by atoms with E-state index in [4.69, 9.17) is 1.37 Å². The van der Waals surface area contributed by atoms with Gasteiger partial charge in [-0.15, -0.1) is 0 Å². The molecule has 0 saturated carbocycles. The van der Waals surface area contributed by atoms with Crippen LogP contribution in [0.3, 0.4) is 0 Å². The standard InChI is InChI=1S/C5H7N3S/c1-2-8(3-1)5-6-4-7-9-5/h4H,1-3H2/i1D. The van der Waals surface area contributed by atoms with E-state index >= 15 is 0 Å². The zero-order chi connectivity index (χ0) is 6.97. The summed E-state index contributed by atoms with van der Waals surface area (Å²) in [4.78, 5) is 6.09. The van der Waals surface area contributed by atoms with Crippen LogP contribution in [0.4, 0.5) is 5.13 Å². The molecule has 0 unspecified atom stereocenters. The molecule has 1 aromatic heterocycles.